The second kappa shape index (κ2) is 60.8. The van der Waals surface area contributed by atoms with Crippen LogP contribution in [0.3, 0.4) is 0 Å². The van der Waals surface area contributed by atoms with Gasteiger partial charge in [0.25, 0.3) is 17.1 Å². The summed E-state index contributed by atoms with van der Waals surface area (Å²) in [6, 6.07) is 1.25. The molecule has 0 aromatic rings. The van der Waals surface area contributed by atoms with Gasteiger partial charge in [0.15, 0.2) is 24.8 Å². The number of ketones is 2. The van der Waals surface area contributed by atoms with Crippen molar-refractivity contribution in [1.29, 1.82) is 0 Å². The largest absolute Gasteiger partial charge is 0.509 e. The van der Waals surface area contributed by atoms with Crippen LogP contribution in [0.15, 0.2) is 0 Å². The summed E-state index contributed by atoms with van der Waals surface area (Å²) in [5.41, 5.74) is -1.64. The summed E-state index contributed by atoms with van der Waals surface area (Å²) in [5.74, 6) is -0.00133. The zero-order chi connectivity index (χ0) is 81.5. The number of carbonyl (C=O) groups is 6. The number of piperidine rings is 4. The van der Waals surface area contributed by atoms with Gasteiger partial charge in [-0.1, -0.05) is 165 Å². The van der Waals surface area contributed by atoms with Crippen molar-refractivity contribution in [2.45, 2.75) is 396 Å². The fourth-order valence-corrected chi connectivity index (χ4v) is 19.1. The smallest absolute Gasteiger partial charge is 0.426 e. The highest BCUT2D eigenvalue weighted by Crippen LogP contribution is 2.53. The predicted octanol–water partition coefficient (Wildman–Crippen LogP) is 21.1. The lowest BCUT2D eigenvalue weighted by atomic mass is 9.88. The lowest BCUT2D eigenvalue weighted by molar-refractivity contribution is -0.141. The second-order valence-electron chi connectivity index (χ2n) is 32.3. The molecule has 0 radical (unpaired) electrons. The molecule has 109 heavy (non-hydrogen) atoms. The van der Waals surface area contributed by atoms with Gasteiger partial charge in [0.1, 0.15) is 24.4 Å². The molecule has 0 aliphatic carbocycles. The molecule has 4 aliphatic heterocycles. The minimum absolute atomic E-state index is 0.123. The van der Waals surface area contributed by atoms with E-state index in [1.807, 2.05) is 23.6 Å². The van der Waals surface area contributed by atoms with Crippen molar-refractivity contribution in [1.82, 2.24) is 28.9 Å². The quantitative estimate of drug-likeness (QED) is 0.0240. The fraction of sp³-hybridized carbons (Fsp3) is 0.906. The third kappa shape index (κ3) is 44.1. The molecule has 0 aromatic heterocycles. The molecule has 2 amide bonds. The van der Waals surface area contributed by atoms with E-state index < -0.39 is 40.6 Å². The van der Waals surface area contributed by atoms with Crippen molar-refractivity contribution in [3.63, 3.8) is 0 Å². The van der Waals surface area contributed by atoms with Crippen molar-refractivity contribution in [2.24, 2.45) is 0 Å². The number of nitrogens with zero attached hydrogens (tertiary/aromatic N) is 8. The first-order chi connectivity index (χ1) is 52.1. The molecule has 22 nitrogen and oxygen atoms in total. The molecule has 0 bridgehead atoms. The molecule has 4 fully saturated rings. The second-order valence-corrected chi connectivity index (χ2v) is 35.0. The van der Waals surface area contributed by atoms with Crippen LogP contribution >= 0.6 is 17.1 Å². The first-order valence-corrected chi connectivity index (χ1v) is 45.6. The van der Waals surface area contributed by atoms with Crippen LogP contribution in [-0.4, -0.2) is 216 Å². The van der Waals surface area contributed by atoms with Crippen LogP contribution < -0.4 is 0 Å². The Morgan fingerprint density at radius 1 is 0.413 bits per heavy atom. The van der Waals surface area contributed by atoms with E-state index >= 15 is 0 Å². The first-order valence-electron chi connectivity index (χ1n) is 43.3. The molecule has 24 heteroatoms. The van der Waals surface area contributed by atoms with Gasteiger partial charge < -0.3 is 61.4 Å². The van der Waals surface area contributed by atoms with Crippen molar-refractivity contribution in [3.8, 4) is 0 Å². The van der Waals surface area contributed by atoms with E-state index in [1.54, 1.807) is 0 Å². The summed E-state index contributed by atoms with van der Waals surface area (Å²) in [7, 11) is -2.47. The average molecular weight is 1580 g/mol. The van der Waals surface area contributed by atoms with Gasteiger partial charge in [-0.05, 0) is 198 Å². The Bertz CT molecular complexity index is 2500. The number of amides is 2. The van der Waals surface area contributed by atoms with Gasteiger partial charge in [0, 0.05) is 63.2 Å². The maximum atomic E-state index is 12.9. The zero-order valence-electron chi connectivity index (χ0n) is 72.6. The highest BCUT2D eigenvalue weighted by atomic mass is 31.2. The van der Waals surface area contributed by atoms with Crippen LogP contribution in [0, 0.1) is 13.1 Å². The molecule has 634 valence electrons. The van der Waals surface area contributed by atoms with E-state index in [9.17, 15) is 28.8 Å². The summed E-state index contributed by atoms with van der Waals surface area (Å²) in [5, 5.41) is 0. The summed E-state index contributed by atoms with van der Waals surface area (Å²) in [6.07, 6.45) is 35.5. The number of carbonyl (C=O) groups excluding carboxylic acids is 6. The number of unbranched alkanes of at least 4 members (excludes halogenated alkanes) is 14. The van der Waals surface area contributed by atoms with Crippen LogP contribution in [0.5, 0.6) is 0 Å². The van der Waals surface area contributed by atoms with Crippen molar-refractivity contribution in [3.05, 3.63) is 22.8 Å². The monoisotopic (exact) mass is 1580 g/mol. The van der Waals surface area contributed by atoms with Crippen LogP contribution in [-0.2, 0) is 56.2 Å². The Morgan fingerprint density at radius 2 is 0.734 bits per heavy atom. The maximum absolute atomic E-state index is 12.9. The number of hydrogen-bond acceptors (Lipinski definition) is 18. The topological polar surface area (TPSA) is 204 Å². The number of Topliss-reactive ketones (excluding diaryl/α,β-unsaturated/α-hetero) is 2. The Hall–Kier alpha value is -3.66. The Balaban J connectivity index is 0.000000732. The molecular formula is C85H160N8O14P2. The number of hydrogen-bond donors (Lipinski definition) is 0. The van der Waals surface area contributed by atoms with Gasteiger partial charge in [0.2, 0.25) is 24.9 Å². The van der Waals surface area contributed by atoms with Crippen LogP contribution in [0.1, 0.15) is 349 Å². The highest BCUT2D eigenvalue weighted by molar-refractivity contribution is 7.45. The van der Waals surface area contributed by atoms with Gasteiger partial charge in [-0.25, -0.2) is 32.1 Å². The summed E-state index contributed by atoms with van der Waals surface area (Å²) in [6.45, 7) is 61.8. The van der Waals surface area contributed by atoms with Gasteiger partial charge in [-0.2, -0.15) is 0 Å². The predicted molar refractivity (Wildman–Crippen MR) is 445 cm³/mol. The lowest BCUT2D eigenvalue weighted by Gasteiger charge is -2.46. The standard InChI is InChI=1S/C24H46N3O3P.C24H48N3O2P.C19H33NO5.C18H33NO4/c1-8-10-11-12-14-23(28)26-18-13-16-24(20-26,15-9-2)30-31(29-19-17-25-7)27(21(3)4)22(5)6;1-8-10-11-12-13-18-26-19-14-16-24(21-26,15-9-2)29-30(28-20-17-25-7)27(22(3)4)23(5)6;1-4-6-7-8-10-17(22)20-13-9-12-19(15-20,11-5-2)25-18(23)24-14-16(3)21;1-4-6-7-8-9-12-19-13-10-11-18(5-2,15-19)23-17(21)22-14-16(3)20/h21-22H,8-20H2,1-6H3;22-23H,8-21H2,1-6H3;4-15H2,1-3H3;4-15H2,1-3H3. The molecule has 4 heterocycles. The molecule has 0 saturated carbocycles. The van der Waals surface area contributed by atoms with E-state index in [4.69, 9.17) is 50.2 Å². The third-order valence-electron chi connectivity index (χ3n) is 20.7. The van der Waals surface area contributed by atoms with E-state index in [0.29, 0.717) is 77.3 Å². The Labute approximate surface area is 667 Å². The molecule has 0 aromatic carbocycles. The molecule has 4 saturated heterocycles. The molecule has 4 aliphatic rings. The number of likely N-dealkylation sites (tertiary alicyclic amines) is 4. The number of rotatable bonds is 51. The molecule has 4 rings (SSSR count). The zero-order valence-corrected chi connectivity index (χ0v) is 74.3. The van der Waals surface area contributed by atoms with E-state index in [2.05, 4.69) is 126 Å². The minimum atomic E-state index is -1.30. The molecule has 0 spiro atoms. The summed E-state index contributed by atoms with van der Waals surface area (Å²) < 4.78 is 51.8. The Morgan fingerprint density at radius 3 is 1.09 bits per heavy atom. The van der Waals surface area contributed by atoms with E-state index in [0.717, 1.165) is 155 Å². The van der Waals surface area contributed by atoms with Crippen LogP contribution in [0.25, 0.3) is 9.69 Å². The van der Waals surface area contributed by atoms with Crippen molar-refractivity contribution < 1.29 is 65.8 Å². The van der Waals surface area contributed by atoms with Crippen molar-refractivity contribution in [2.75, 3.05) is 105 Å². The average Bonchev–Trinajstić information content (AvgIpc) is 0.818. The van der Waals surface area contributed by atoms with Gasteiger partial charge in [0.05, 0.1) is 24.3 Å². The third-order valence-corrected chi connectivity index (χ3v) is 25.2. The maximum Gasteiger partial charge on any atom is 0.509 e. The molecule has 6 unspecified atom stereocenters. The van der Waals surface area contributed by atoms with Crippen molar-refractivity contribution >= 4 is 52.7 Å². The normalized spacial score (nSPS) is 21.0. The molecule has 0 N–H and O–H groups in total. The molecule has 6 atom stereocenters. The summed E-state index contributed by atoms with van der Waals surface area (Å²) >= 11 is 0. The Kier molecular flexibility index (Phi) is 57.7. The van der Waals surface area contributed by atoms with E-state index in [1.165, 1.54) is 110 Å². The van der Waals surface area contributed by atoms with Gasteiger partial charge in [-0.3, -0.25) is 24.1 Å². The van der Waals surface area contributed by atoms with Crippen LogP contribution in [0.2, 0.25) is 0 Å². The summed E-state index contributed by atoms with van der Waals surface area (Å²) in [4.78, 5) is 86.7. The highest BCUT2D eigenvalue weighted by Gasteiger charge is 2.45. The minimum Gasteiger partial charge on any atom is -0.426 e. The van der Waals surface area contributed by atoms with E-state index in [-0.39, 0.29) is 59.9 Å². The molecular weight excluding hydrogens is 1420 g/mol. The van der Waals surface area contributed by atoms with Crippen LogP contribution in [0.4, 0.5) is 9.59 Å². The fourth-order valence-electron chi connectivity index (χ4n) is 15.4. The number of ether oxygens (including phenoxy) is 4. The lowest BCUT2D eigenvalue weighted by Crippen LogP contribution is -2.52. The first kappa shape index (κ1) is 103. The SMILES string of the molecule is CCCCCCC(=O)N1CCCC(CCC)(OC(=O)OCC(C)=O)C1.CCCCCCCN1CCCC(CC)(OC(=O)OCC(C)=O)C1.[C-]#[N+]CCOP(OC1(CCC)CCCN(C(=O)CCCCCC)C1)N(C(C)C)C(C)C.[C-]#[N+]CCOP(OC1(CCC)CCCN(CCCCCCC)C1)N(C(C)C)C(C)C. The van der Waals surface area contributed by atoms with Gasteiger partial charge >= 0.3 is 12.3 Å². The van der Waals surface area contributed by atoms with Gasteiger partial charge in [-0.15, -0.1) is 0 Å².